The Hall–Kier alpha value is -1.92. The van der Waals surface area contributed by atoms with Gasteiger partial charge in [-0.25, -0.2) is 9.78 Å². The minimum Gasteiger partial charge on any atom is -0.370 e. The number of fused-ring (bicyclic) bond motifs is 1. The van der Waals surface area contributed by atoms with E-state index in [1.165, 1.54) is 0 Å². The number of amides is 2. The number of hydrogen-bond donors (Lipinski definition) is 2. The summed E-state index contributed by atoms with van der Waals surface area (Å²) in [6.07, 6.45) is 2.45. The fourth-order valence-corrected chi connectivity index (χ4v) is 4.29. The standard InChI is InChI=1S/C18H21N3O2S/c1-11-14-7-18(8-14,23-11)10-19-17(22)21-15-5-3-4-13(6-15)16-9-24-12(2)20-16/h3-6,9,11,14H,7-8,10H2,1-2H3,(H2,19,21,22). The number of thiazole rings is 1. The number of aromatic nitrogens is 1. The molecule has 2 N–H and O–H groups in total. The summed E-state index contributed by atoms with van der Waals surface area (Å²) in [4.78, 5) is 16.7. The van der Waals surface area contributed by atoms with Crippen LogP contribution in [0.5, 0.6) is 0 Å². The van der Waals surface area contributed by atoms with Gasteiger partial charge in [-0.3, -0.25) is 0 Å². The molecular formula is C18H21N3O2S. The molecule has 1 unspecified atom stereocenters. The number of carbonyl (C=O) groups excluding carboxylic acids is 1. The third kappa shape index (κ3) is 2.91. The molecule has 3 fully saturated rings. The van der Waals surface area contributed by atoms with Crippen LogP contribution < -0.4 is 10.6 Å². The van der Waals surface area contributed by atoms with Crippen LogP contribution >= 0.6 is 11.3 Å². The molecule has 2 aromatic rings. The second-order valence-electron chi connectivity index (χ2n) is 6.81. The van der Waals surface area contributed by atoms with Gasteiger partial charge in [0.2, 0.25) is 0 Å². The SMILES string of the molecule is Cc1nc(-c2cccc(NC(=O)NCC34CC(C3)C(C)O4)c2)cs1. The van der Waals surface area contributed by atoms with Crippen LogP contribution in [-0.2, 0) is 4.74 Å². The van der Waals surface area contributed by atoms with Gasteiger partial charge in [-0.1, -0.05) is 12.1 Å². The Morgan fingerprint density at radius 3 is 2.96 bits per heavy atom. The Kier molecular flexibility index (Phi) is 3.81. The average Bonchev–Trinajstić information content (AvgIpc) is 3.17. The molecule has 5 nitrogen and oxygen atoms in total. The van der Waals surface area contributed by atoms with Crippen LogP contribution in [0.4, 0.5) is 10.5 Å². The van der Waals surface area contributed by atoms with Crippen molar-refractivity contribution in [2.24, 2.45) is 5.92 Å². The van der Waals surface area contributed by atoms with Gasteiger partial charge in [0.25, 0.3) is 0 Å². The van der Waals surface area contributed by atoms with Crippen LogP contribution in [0, 0.1) is 12.8 Å². The minimum absolute atomic E-state index is 0.124. The second kappa shape index (κ2) is 5.86. The zero-order valence-electron chi connectivity index (χ0n) is 13.8. The van der Waals surface area contributed by atoms with Crippen LogP contribution in [0.1, 0.15) is 24.8 Å². The summed E-state index contributed by atoms with van der Waals surface area (Å²) in [5, 5.41) is 8.90. The highest BCUT2D eigenvalue weighted by Gasteiger charge is 2.55. The normalized spacial score (nSPS) is 27.6. The zero-order valence-corrected chi connectivity index (χ0v) is 14.7. The monoisotopic (exact) mass is 343 g/mol. The molecule has 1 saturated carbocycles. The number of aryl methyl sites for hydroxylation is 1. The molecule has 3 aliphatic rings. The smallest absolute Gasteiger partial charge is 0.319 e. The van der Waals surface area contributed by atoms with Gasteiger partial charge in [0, 0.05) is 23.2 Å². The lowest BCUT2D eigenvalue weighted by molar-refractivity contribution is -0.0152. The molecule has 24 heavy (non-hydrogen) atoms. The number of benzene rings is 1. The Balaban J connectivity index is 1.36. The molecule has 3 heterocycles. The third-order valence-electron chi connectivity index (χ3n) is 4.97. The van der Waals surface area contributed by atoms with Crippen LogP contribution in [0.3, 0.4) is 0 Å². The first-order valence-corrected chi connectivity index (χ1v) is 9.16. The molecule has 1 aromatic carbocycles. The van der Waals surface area contributed by atoms with Crippen LogP contribution in [-0.4, -0.2) is 29.3 Å². The van der Waals surface area contributed by atoms with Gasteiger partial charge in [-0.2, -0.15) is 0 Å². The maximum Gasteiger partial charge on any atom is 0.319 e. The van der Waals surface area contributed by atoms with Gasteiger partial charge in [-0.15, -0.1) is 11.3 Å². The fraction of sp³-hybridized carbons (Fsp3) is 0.444. The van der Waals surface area contributed by atoms with Crippen molar-refractivity contribution in [3.8, 4) is 11.3 Å². The van der Waals surface area contributed by atoms with Gasteiger partial charge in [0.1, 0.15) is 0 Å². The van der Waals surface area contributed by atoms with Crippen molar-refractivity contribution in [1.29, 1.82) is 0 Å². The van der Waals surface area contributed by atoms with E-state index < -0.39 is 0 Å². The second-order valence-corrected chi connectivity index (χ2v) is 7.88. The van der Waals surface area contributed by atoms with Gasteiger partial charge in [-0.05, 0) is 44.7 Å². The largest absolute Gasteiger partial charge is 0.370 e. The van der Waals surface area contributed by atoms with Crippen molar-refractivity contribution < 1.29 is 9.53 Å². The van der Waals surface area contributed by atoms with Crippen molar-refractivity contribution in [3.05, 3.63) is 34.7 Å². The van der Waals surface area contributed by atoms with Crippen molar-refractivity contribution >= 4 is 23.1 Å². The summed E-state index contributed by atoms with van der Waals surface area (Å²) in [6, 6.07) is 7.56. The molecule has 1 aromatic heterocycles. The Morgan fingerprint density at radius 2 is 2.29 bits per heavy atom. The van der Waals surface area contributed by atoms with Gasteiger partial charge in [0.15, 0.2) is 0 Å². The highest BCUT2D eigenvalue weighted by atomic mass is 32.1. The summed E-state index contributed by atoms with van der Waals surface area (Å²) in [6.45, 7) is 4.68. The first kappa shape index (κ1) is 15.6. The zero-order chi connectivity index (χ0) is 16.7. The number of anilines is 1. The van der Waals surface area contributed by atoms with Gasteiger partial charge in [0.05, 0.1) is 22.4 Å². The lowest BCUT2D eigenvalue weighted by atomic mass is 9.73. The number of hydrogen-bond acceptors (Lipinski definition) is 4. The first-order valence-electron chi connectivity index (χ1n) is 8.28. The van der Waals surface area contributed by atoms with Gasteiger partial charge >= 0.3 is 6.03 Å². The summed E-state index contributed by atoms with van der Waals surface area (Å²) in [5.74, 6) is 0.674. The predicted octanol–water partition coefficient (Wildman–Crippen LogP) is 3.81. The van der Waals surface area contributed by atoms with E-state index in [-0.39, 0.29) is 11.6 Å². The number of carbonyl (C=O) groups is 1. The van der Waals surface area contributed by atoms with E-state index in [0.29, 0.717) is 18.6 Å². The van der Waals surface area contributed by atoms with Crippen molar-refractivity contribution in [2.45, 2.75) is 38.4 Å². The molecule has 0 spiro atoms. The number of ether oxygens (including phenoxy) is 1. The summed E-state index contributed by atoms with van der Waals surface area (Å²) in [7, 11) is 0. The molecule has 2 amide bonds. The Labute approximate surface area is 145 Å². The van der Waals surface area contributed by atoms with E-state index in [1.54, 1.807) is 11.3 Å². The number of nitrogens with zero attached hydrogens (tertiary/aromatic N) is 1. The highest BCUT2D eigenvalue weighted by Crippen LogP contribution is 2.51. The molecular weight excluding hydrogens is 322 g/mol. The maximum atomic E-state index is 12.2. The van der Waals surface area contributed by atoms with E-state index in [0.717, 1.165) is 34.8 Å². The van der Waals surface area contributed by atoms with Crippen LogP contribution in [0.25, 0.3) is 11.3 Å². The van der Waals surface area contributed by atoms with Crippen molar-refractivity contribution in [2.75, 3.05) is 11.9 Å². The quantitative estimate of drug-likeness (QED) is 0.887. The molecule has 126 valence electrons. The lowest BCUT2D eigenvalue weighted by Gasteiger charge is -2.35. The number of rotatable bonds is 4. The highest BCUT2D eigenvalue weighted by molar-refractivity contribution is 7.09. The molecule has 1 aliphatic carbocycles. The van der Waals surface area contributed by atoms with Crippen LogP contribution in [0.15, 0.2) is 29.6 Å². The van der Waals surface area contributed by atoms with Gasteiger partial charge < -0.3 is 15.4 Å². The number of nitrogens with one attached hydrogen (secondary N) is 2. The maximum absolute atomic E-state index is 12.2. The summed E-state index contributed by atoms with van der Waals surface area (Å²) < 4.78 is 5.95. The Morgan fingerprint density at radius 1 is 1.46 bits per heavy atom. The molecule has 5 rings (SSSR count). The molecule has 0 radical (unpaired) electrons. The topological polar surface area (TPSA) is 63.2 Å². The van der Waals surface area contributed by atoms with Crippen molar-refractivity contribution in [3.63, 3.8) is 0 Å². The Bertz CT molecular complexity index is 767. The summed E-state index contributed by atoms with van der Waals surface area (Å²) in [5.41, 5.74) is 2.58. The van der Waals surface area contributed by atoms with E-state index in [1.807, 2.05) is 36.6 Å². The van der Waals surface area contributed by atoms with Crippen LogP contribution in [0.2, 0.25) is 0 Å². The van der Waals surface area contributed by atoms with E-state index in [2.05, 4.69) is 22.5 Å². The van der Waals surface area contributed by atoms with E-state index >= 15 is 0 Å². The predicted molar refractivity (Wildman–Crippen MR) is 95.3 cm³/mol. The molecule has 2 saturated heterocycles. The molecule has 2 bridgehead atoms. The van der Waals surface area contributed by atoms with E-state index in [9.17, 15) is 4.79 Å². The summed E-state index contributed by atoms with van der Waals surface area (Å²) >= 11 is 1.62. The molecule has 1 atom stereocenters. The molecule has 6 heteroatoms. The third-order valence-corrected chi connectivity index (χ3v) is 5.75. The van der Waals surface area contributed by atoms with Crippen molar-refractivity contribution in [1.82, 2.24) is 10.3 Å². The number of urea groups is 1. The molecule has 2 aliphatic heterocycles. The first-order chi connectivity index (χ1) is 11.5. The average molecular weight is 343 g/mol. The van der Waals surface area contributed by atoms with E-state index in [4.69, 9.17) is 4.74 Å². The fourth-order valence-electron chi connectivity index (χ4n) is 3.67. The minimum atomic E-state index is -0.192. The lowest BCUT2D eigenvalue weighted by Crippen LogP contribution is -2.48.